The largest absolute Gasteiger partial charge is 0.383 e. The lowest BCUT2D eigenvalue weighted by Crippen LogP contribution is -2.17. The standard InChI is InChI=1S/C10H17BrN4/c1-6(2)7(3)5-13-10-14-8(11)4-9(12)15-10/h4,6-7H,5H2,1-3H3,(H3,12,13,14,15). The molecule has 84 valence electrons. The van der Waals surface area contributed by atoms with Crippen LogP contribution in [0.2, 0.25) is 0 Å². The molecule has 5 heteroatoms. The quantitative estimate of drug-likeness (QED) is 0.827. The van der Waals surface area contributed by atoms with E-state index in [2.05, 4.69) is 52.0 Å². The molecule has 0 amide bonds. The Balaban J connectivity index is 2.57. The van der Waals surface area contributed by atoms with Gasteiger partial charge in [-0.05, 0) is 27.8 Å². The van der Waals surface area contributed by atoms with Crippen LogP contribution in [0.3, 0.4) is 0 Å². The van der Waals surface area contributed by atoms with Gasteiger partial charge in [-0.25, -0.2) is 4.98 Å². The molecule has 3 N–H and O–H groups in total. The minimum atomic E-state index is 0.469. The SMILES string of the molecule is CC(C)C(C)CNc1nc(N)cc(Br)n1. The molecule has 0 aliphatic heterocycles. The number of nitrogen functional groups attached to an aromatic ring is 1. The molecular weight excluding hydrogens is 256 g/mol. The van der Waals surface area contributed by atoms with Crippen LogP contribution >= 0.6 is 15.9 Å². The predicted molar refractivity (Wildman–Crippen MR) is 66.6 cm³/mol. The van der Waals surface area contributed by atoms with Crippen molar-refractivity contribution in [2.45, 2.75) is 20.8 Å². The normalized spacial score (nSPS) is 12.9. The van der Waals surface area contributed by atoms with Gasteiger partial charge >= 0.3 is 0 Å². The second-order valence-electron chi connectivity index (χ2n) is 4.04. The van der Waals surface area contributed by atoms with E-state index in [0.717, 1.165) is 6.54 Å². The van der Waals surface area contributed by atoms with Gasteiger partial charge in [-0.3, -0.25) is 0 Å². The lowest BCUT2D eigenvalue weighted by atomic mass is 9.98. The van der Waals surface area contributed by atoms with Crippen LogP contribution in [0.15, 0.2) is 10.7 Å². The molecular formula is C10H17BrN4. The van der Waals surface area contributed by atoms with Gasteiger partial charge in [-0.1, -0.05) is 20.8 Å². The summed E-state index contributed by atoms with van der Waals surface area (Å²) < 4.78 is 0.703. The number of anilines is 2. The smallest absolute Gasteiger partial charge is 0.225 e. The molecule has 1 rings (SSSR count). The summed E-state index contributed by atoms with van der Waals surface area (Å²) >= 11 is 3.28. The molecule has 0 spiro atoms. The van der Waals surface area contributed by atoms with Crippen LogP contribution < -0.4 is 11.1 Å². The second kappa shape index (κ2) is 5.30. The Hall–Kier alpha value is -0.840. The zero-order valence-corrected chi connectivity index (χ0v) is 10.9. The first kappa shape index (κ1) is 12.2. The number of rotatable bonds is 4. The summed E-state index contributed by atoms with van der Waals surface area (Å²) in [5.41, 5.74) is 5.60. The summed E-state index contributed by atoms with van der Waals surface area (Å²) in [6.07, 6.45) is 0. The molecule has 1 heterocycles. The molecule has 0 aliphatic rings. The molecule has 0 aliphatic carbocycles. The Labute approximate surface area is 98.8 Å². The van der Waals surface area contributed by atoms with Crippen LogP contribution in [-0.2, 0) is 0 Å². The molecule has 1 atom stereocenters. The van der Waals surface area contributed by atoms with Gasteiger partial charge in [0.2, 0.25) is 5.95 Å². The lowest BCUT2D eigenvalue weighted by Gasteiger charge is -2.16. The van der Waals surface area contributed by atoms with Gasteiger partial charge in [-0.2, -0.15) is 4.98 Å². The monoisotopic (exact) mass is 272 g/mol. The van der Waals surface area contributed by atoms with Gasteiger partial charge in [0, 0.05) is 12.6 Å². The summed E-state index contributed by atoms with van der Waals surface area (Å²) in [5, 5.41) is 3.18. The summed E-state index contributed by atoms with van der Waals surface area (Å²) in [7, 11) is 0. The van der Waals surface area contributed by atoms with Crippen molar-refractivity contribution in [1.29, 1.82) is 0 Å². The minimum absolute atomic E-state index is 0.469. The van der Waals surface area contributed by atoms with Crippen molar-refractivity contribution in [2.75, 3.05) is 17.6 Å². The fraction of sp³-hybridized carbons (Fsp3) is 0.600. The topological polar surface area (TPSA) is 63.8 Å². The van der Waals surface area contributed by atoms with E-state index < -0.39 is 0 Å². The van der Waals surface area contributed by atoms with E-state index in [9.17, 15) is 0 Å². The van der Waals surface area contributed by atoms with E-state index in [-0.39, 0.29) is 0 Å². The molecule has 0 radical (unpaired) electrons. The Morgan fingerprint density at radius 3 is 2.60 bits per heavy atom. The van der Waals surface area contributed by atoms with Crippen molar-refractivity contribution in [3.8, 4) is 0 Å². The summed E-state index contributed by atoms with van der Waals surface area (Å²) in [4.78, 5) is 8.27. The third-order valence-electron chi connectivity index (χ3n) is 2.43. The molecule has 0 bridgehead atoms. The third-order valence-corrected chi connectivity index (χ3v) is 2.84. The number of halogens is 1. The van der Waals surface area contributed by atoms with Gasteiger partial charge in [0.15, 0.2) is 0 Å². The molecule has 0 saturated carbocycles. The summed E-state index contributed by atoms with van der Waals surface area (Å²) in [5.74, 6) is 2.27. The Bertz CT molecular complexity index is 307. The summed E-state index contributed by atoms with van der Waals surface area (Å²) in [6.45, 7) is 7.44. The molecule has 1 aromatic rings. The number of hydrogen-bond donors (Lipinski definition) is 2. The highest BCUT2D eigenvalue weighted by Gasteiger charge is 2.07. The minimum Gasteiger partial charge on any atom is -0.383 e. The van der Waals surface area contributed by atoms with E-state index in [1.165, 1.54) is 0 Å². The molecule has 1 unspecified atom stereocenters. The van der Waals surface area contributed by atoms with Crippen molar-refractivity contribution < 1.29 is 0 Å². The van der Waals surface area contributed by atoms with Crippen LogP contribution in [0.4, 0.5) is 11.8 Å². The van der Waals surface area contributed by atoms with Crippen LogP contribution in [0.25, 0.3) is 0 Å². The Morgan fingerprint density at radius 2 is 2.07 bits per heavy atom. The van der Waals surface area contributed by atoms with Crippen molar-refractivity contribution in [2.24, 2.45) is 11.8 Å². The molecule has 0 fully saturated rings. The first-order valence-electron chi connectivity index (χ1n) is 5.03. The van der Waals surface area contributed by atoms with E-state index >= 15 is 0 Å². The zero-order chi connectivity index (χ0) is 11.4. The predicted octanol–water partition coefficient (Wildman–Crippen LogP) is 2.53. The number of nitrogens with two attached hydrogens (primary N) is 1. The number of nitrogens with one attached hydrogen (secondary N) is 1. The van der Waals surface area contributed by atoms with Gasteiger partial charge in [0.05, 0.1) is 0 Å². The average Bonchev–Trinajstić information content (AvgIpc) is 2.12. The first-order chi connectivity index (χ1) is 6.99. The van der Waals surface area contributed by atoms with Crippen molar-refractivity contribution in [1.82, 2.24) is 9.97 Å². The molecule has 4 nitrogen and oxygen atoms in total. The zero-order valence-electron chi connectivity index (χ0n) is 9.29. The average molecular weight is 273 g/mol. The van der Waals surface area contributed by atoms with E-state index in [1.54, 1.807) is 6.07 Å². The fourth-order valence-corrected chi connectivity index (χ4v) is 1.40. The maximum absolute atomic E-state index is 5.60. The van der Waals surface area contributed by atoms with Crippen molar-refractivity contribution in [3.63, 3.8) is 0 Å². The summed E-state index contributed by atoms with van der Waals surface area (Å²) in [6, 6.07) is 1.68. The van der Waals surface area contributed by atoms with Crippen LogP contribution in [0.1, 0.15) is 20.8 Å². The van der Waals surface area contributed by atoms with Gasteiger partial charge in [0.25, 0.3) is 0 Å². The number of aromatic nitrogens is 2. The van der Waals surface area contributed by atoms with Crippen LogP contribution in [0.5, 0.6) is 0 Å². The van der Waals surface area contributed by atoms with Gasteiger partial charge in [-0.15, -0.1) is 0 Å². The highest BCUT2D eigenvalue weighted by atomic mass is 79.9. The van der Waals surface area contributed by atoms with Crippen LogP contribution in [-0.4, -0.2) is 16.5 Å². The maximum Gasteiger partial charge on any atom is 0.225 e. The highest BCUT2D eigenvalue weighted by Crippen LogP contribution is 2.14. The fourth-order valence-electron chi connectivity index (χ4n) is 1.00. The molecule has 0 aromatic carbocycles. The van der Waals surface area contributed by atoms with Crippen molar-refractivity contribution >= 4 is 27.7 Å². The molecule has 0 saturated heterocycles. The maximum atomic E-state index is 5.60. The van der Waals surface area contributed by atoms with Crippen molar-refractivity contribution in [3.05, 3.63) is 10.7 Å². The first-order valence-corrected chi connectivity index (χ1v) is 5.82. The number of nitrogens with zero attached hydrogens (tertiary/aromatic N) is 2. The van der Waals surface area contributed by atoms with E-state index in [4.69, 9.17) is 5.73 Å². The number of hydrogen-bond acceptors (Lipinski definition) is 4. The van der Waals surface area contributed by atoms with Crippen LogP contribution in [0, 0.1) is 11.8 Å². The second-order valence-corrected chi connectivity index (χ2v) is 4.85. The lowest BCUT2D eigenvalue weighted by molar-refractivity contribution is 0.439. The Kier molecular flexibility index (Phi) is 4.32. The van der Waals surface area contributed by atoms with Gasteiger partial charge < -0.3 is 11.1 Å². The van der Waals surface area contributed by atoms with Gasteiger partial charge in [0.1, 0.15) is 10.4 Å². The Morgan fingerprint density at radius 1 is 1.40 bits per heavy atom. The van der Waals surface area contributed by atoms with E-state index in [1.807, 2.05) is 0 Å². The molecule has 1 aromatic heterocycles. The molecule has 15 heavy (non-hydrogen) atoms. The highest BCUT2D eigenvalue weighted by molar-refractivity contribution is 9.10. The van der Waals surface area contributed by atoms with E-state index in [0.29, 0.717) is 28.2 Å². The third kappa shape index (κ3) is 4.03.